The maximum atomic E-state index is 12.6. The molecular formula is C15H10ClN7O. The van der Waals surface area contributed by atoms with Crippen LogP contribution >= 0.6 is 11.6 Å². The summed E-state index contributed by atoms with van der Waals surface area (Å²) in [6.45, 7) is 0. The number of H-pyrrole nitrogens is 1. The van der Waals surface area contributed by atoms with Crippen molar-refractivity contribution in [2.75, 3.05) is 5.32 Å². The normalized spacial score (nSPS) is 10.9. The van der Waals surface area contributed by atoms with Gasteiger partial charge in [-0.25, -0.2) is 19.9 Å². The number of carbonyl (C=O) groups excluding carboxylic acids is 1. The summed E-state index contributed by atoms with van der Waals surface area (Å²) < 4.78 is 1.63. The van der Waals surface area contributed by atoms with Crippen molar-refractivity contribution in [2.45, 2.75) is 0 Å². The van der Waals surface area contributed by atoms with Crippen molar-refractivity contribution in [1.82, 2.24) is 29.5 Å². The summed E-state index contributed by atoms with van der Waals surface area (Å²) >= 11 is 5.84. The molecule has 0 aliphatic carbocycles. The van der Waals surface area contributed by atoms with Crippen LogP contribution in [-0.2, 0) is 0 Å². The average Bonchev–Trinajstić information content (AvgIpc) is 3.25. The molecule has 0 saturated heterocycles. The summed E-state index contributed by atoms with van der Waals surface area (Å²) in [5.41, 5.74) is 1.37. The van der Waals surface area contributed by atoms with Crippen LogP contribution in [0.15, 0.2) is 49.2 Å². The second-order valence-corrected chi connectivity index (χ2v) is 5.27. The molecule has 118 valence electrons. The third kappa shape index (κ3) is 2.59. The molecule has 4 rings (SSSR count). The standard InChI is InChI=1S/C15H10ClN7O/c16-10-2-1-3-11(20-10)21-14(24)13-12-9(4-5-18-12)19-15(22-13)23-7-6-17-8-23/h1-8,18H,(H,20,21,24). The zero-order valence-corrected chi connectivity index (χ0v) is 12.9. The second-order valence-electron chi connectivity index (χ2n) is 4.88. The zero-order chi connectivity index (χ0) is 16.5. The van der Waals surface area contributed by atoms with Crippen molar-refractivity contribution < 1.29 is 4.79 Å². The van der Waals surface area contributed by atoms with Gasteiger partial charge in [-0.05, 0) is 18.2 Å². The predicted molar refractivity (Wildman–Crippen MR) is 88.2 cm³/mol. The molecular weight excluding hydrogens is 330 g/mol. The number of carbonyl (C=O) groups is 1. The van der Waals surface area contributed by atoms with Gasteiger partial charge in [-0.1, -0.05) is 17.7 Å². The molecule has 0 radical (unpaired) electrons. The van der Waals surface area contributed by atoms with Crippen LogP contribution in [-0.4, -0.2) is 35.4 Å². The summed E-state index contributed by atoms with van der Waals surface area (Å²) in [5.74, 6) is 0.278. The summed E-state index contributed by atoms with van der Waals surface area (Å²) in [4.78, 5) is 32.4. The van der Waals surface area contributed by atoms with Crippen molar-refractivity contribution in [3.63, 3.8) is 0 Å². The number of aromatic amines is 1. The lowest BCUT2D eigenvalue weighted by Crippen LogP contribution is -2.17. The Morgan fingerprint density at radius 3 is 2.92 bits per heavy atom. The van der Waals surface area contributed by atoms with Crippen LogP contribution in [0.4, 0.5) is 5.82 Å². The van der Waals surface area contributed by atoms with Crippen LogP contribution in [0.5, 0.6) is 0 Å². The van der Waals surface area contributed by atoms with Crippen LogP contribution < -0.4 is 5.32 Å². The van der Waals surface area contributed by atoms with E-state index >= 15 is 0 Å². The number of anilines is 1. The molecule has 9 heteroatoms. The quantitative estimate of drug-likeness (QED) is 0.558. The highest BCUT2D eigenvalue weighted by Crippen LogP contribution is 2.17. The Morgan fingerprint density at radius 1 is 1.21 bits per heavy atom. The second kappa shape index (κ2) is 5.74. The number of pyridine rings is 1. The van der Waals surface area contributed by atoms with Gasteiger partial charge in [-0.3, -0.25) is 9.36 Å². The van der Waals surface area contributed by atoms with E-state index in [1.807, 2.05) is 0 Å². The summed E-state index contributed by atoms with van der Waals surface area (Å²) in [7, 11) is 0. The van der Waals surface area contributed by atoms with Crippen molar-refractivity contribution in [2.24, 2.45) is 0 Å². The molecule has 0 aliphatic heterocycles. The van der Waals surface area contributed by atoms with E-state index in [0.717, 1.165) is 0 Å². The van der Waals surface area contributed by atoms with Crippen molar-refractivity contribution in [1.29, 1.82) is 0 Å². The fourth-order valence-electron chi connectivity index (χ4n) is 2.24. The van der Waals surface area contributed by atoms with Gasteiger partial charge in [0.05, 0.1) is 11.0 Å². The molecule has 1 amide bonds. The number of nitrogens with zero attached hydrogens (tertiary/aromatic N) is 5. The Labute approximate surface area is 140 Å². The first kappa shape index (κ1) is 14.3. The van der Waals surface area contributed by atoms with E-state index in [0.29, 0.717) is 28.0 Å². The van der Waals surface area contributed by atoms with Crippen LogP contribution in [0.2, 0.25) is 5.15 Å². The molecule has 0 bridgehead atoms. The lowest BCUT2D eigenvalue weighted by atomic mass is 10.3. The van der Waals surface area contributed by atoms with Crippen molar-refractivity contribution in [3.8, 4) is 5.95 Å². The van der Waals surface area contributed by atoms with Gasteiger partial charge < -0.3 is 10.3 Å². The van der Waals surface area contributed by atoms with Gasteiger partial charge >= 0.3 is 0 Å². The summed E-state index contributed by atoms with van der Waals surface area (Å²) in [5, 5.41) is 2.98. The molecule has 4 heterocycles. The van der Waals surface area contributed by atoms with Crippen molar-refractivity contribution >= 4 is 34.4 Å². The first-order chi connectivity index (χ1) is 11.7. The highest BCUT2D eigenvalue weighted by molar-refractivity contribution is 6.29. The van der Waals surface area contributed by atoms with Gasteiger partial charge in [-0.2, -0.15) is 0 Å². The molecule has 0 spiro atoms. The molecule has 0 fully saturated rings. The van der Waals surface area contributed by atoms with E-state index in [4.69, 9.17) is 11.6 Å². The summed E-state index contributed by atoms with van der Waals surface area (Å²) in [6.07, 6.45) is 6.58. The van der Waals surface area contributed by atoms with Gasteiger partial charge in [0.25, 0.3) is 5.91 Å². The summed E-state index contributed by atoms with van der Waals surface area (Å²) in [6, 6.07) is 6.74. The monoisotopic (exact) mass is 339 g/mol. The lowest BCUT2D eigenvalue weighted by Gasteiger charge is -2.07. The van der Waals surface area contributed by atoms with Gasteiger partial charge in [0.1, 0.15) is 17.3 Å². The minimum Gasteiger partial charge on any atom is -0.358 e. The van der Waals surface area contributed by atoms with Crippen LogP contribution in [0.1, 0.15) is 10.5 Å². The fourth-order valence-corrected chi connectivity index (χ4v) is 2.41. The maximum Gasteiger partial charge on any atom is 0.277 e. The van der Waals surface area contributed by atoms with E-state index < -0.39 is 5.91 Å². The maximum absolute atomic E-state index is 12.6. The predicted octanol–water partition coefficient (Wildman–Crippen LogP) is 2.44. The SMILES string of the molecule is O=C(Nc1cccc(Cl)n1)c1nc(-n2ccnc2)nc2cc[nH]c12. The van der Waals surface area contributed by atoms with Crippen LogP contribution in [0.25, 0.3) is 17.0 Å². The zero-order valence-electron chi connectivity index (χ0n) is 12.1. The smallest absolute Gasteiger partial charge is 0.277 e. The van der Waals surface area contributed by atoms with E-state index in [2.05, 4.69) is 30.2 Å². The van der Waals surface area contributed by atoms with E-state index in [1.165, 1.54) is 0 Å². The third-order valence-corrected chi connectivity index (χ3v) is 3.51. The number of aromatic nitrogens is 6. The van der Waals surface area contributed by atoms with E-state index in [1.54, 1.807) is 53.8 Å². The molecule has 24 heavy (non-hydrogen) atoms. The molecule has 4 aromatic heterocycles. The number of nitrogens with one attached hydrogen (secondary N) is 2. The Bertz CT molecular complexity index is 1030. The molecule has 4 aromatic rings. The Hall–Kier alpha value is -3.26. The Balaban J connectivity index is 1.77. The number of imidazole rings is 1. The number of rotatable bonds is 3. The van der Waals surface area contributed by atoms with Gasteiger partial charge in [0, 0.05) is 18.6 Å². The van der Waals surface area contributed by atoms with Gasteiger partial charge in [0.2, 0.25) is 5.95 Å². The largest absolute Gasteiger partial charge is 0.358 e. The number of fused-ring (bicyclic) bond motifs is 1. The Morgan fingerprint density at radius 2 is 2.12 bits per heavy atom. The molecule has 0 atom stereocenters. The van der Waals surface area contributed by atoms with Crippen molar-refractivity contribution in [3.05, 3.63) is 60.0 Å². The van der Waals surface area contributed by atoms with E-state index in [-0.39, 0.29) is 5.69 Å². The lowest BCUT2D eigenvalue weighted by molar-refractivity contribution is 0.102. The van der Waals surface area contributed by atoms with Gasteiger partial charge in [-0.15, -0.1) is 0 Å². The van der Waals surface area contributed by atoms with Crippen LogP contribution in [0, 0.1) is 0 Å². The first-order valence-electron chi connectivity index (χ1n) is 6.98. The fraction of sp³-hybridized carbons (Fsp3) is 0. The highest BCUT2D eigenvalue weighted by atomic mass is 35.5. The average molecular weight is 340 g/mol. The number of amides is 1. The molecule has 0 saturated carbocycles. The Kier molecular flexibility index (Phi) is 3.43. The van der Waals surface area contributed by atoms with E-state index in [9.17, 15) is 4.79 Å². The minimum absolute atomic E-state index is 0.204. The number of halogens is 1. The first-order valence-corrected chi connectivity index (χ1v) is 7.36. The highest BCUT2D eigenvalue weighted by Gasteiger charge is 2.17. The molecule has 0 aromatic carbocycles. The van der Waals surface area contributed by atoms with Gasteiger partial charge in [0.15, 0.2) is 5.69 Å². The molecule has 2 N–H and O–H groups in total. The minimum atomic E-state index is -0.416. The molecule has 8 nitrogen and oxygen atoms in total. The van der Waals surface area contributed by atoms with Crippen LogP contribution in [0.3, 0.4) is 0 Å². The molecule has 0 unspecified atom stereocenters. The third-order valence-electron chi connectivity index (χ3n) is 3.30. The topological polar surface area (TPSA) is 101 Å². The number of hydrogen-bond acceptors (Lipinski definition) is 5. The molecule has 0 aliphatic rings. The number of hydrogen-bond donors (Lipinski definition) is 2.